The van der Waals surface area contributed by atoms with Crippen molar-refractivity contribution in [3.05, 3.63) is 0 Å². The van der Waals surface area contributed by atoms with Crippen LogP contribution in [0.3, 0.4) is 0 Å². The first kappa shape index (κ1) is 8.38. The monoisotopic (exact) mass is 152 g/mol. The minimum atomic E-state index is -2.81. The first-order valence-corrected chi connectivity index (χ1v) is 3.48. The van der Waals surface area contributed by atoms with Crippen LogP contribution in [0.5, 0.6) is 0 Å². The summed E-state index contributed by atoms with van der Waals surface area (Å²) in [4.78, 5) is 10.3. The highest BCUT2D eigenvalue weighted by atomic mass is 32.2. The molecule has 0 aliphatic carbocycles. The molecule has 0 fully saturated rings. The maximum Gasteiger partial charge on any atom is 0.234 e. The maximum absolute atomic E-state index is 10.3. The molecule has 0 aromatic rings. The molecule has 3 N–H and O–H groups in total. The number of amides is 1. The van der Waals surface area contributed by atoms with Gasteiger partial charge in [0.1, 0.15) is 0 Å². The van der Waals surface area contributed by atoms with Gasteiger partial charge in [-0.05, 0) is 0 Å². The molecule has 0 bridgehead atoms. The van der Waals surface area contributed by atoms with E-state index in [4.69, 9.17) is 5.73 Å². The highest BCUT2D eigenvalue weighted by Crippen LogP contribution is 1.71. The van der Waals surface area contributed by atoms with Gasteiger partial charge in [0.25, 0.3) is 0 Å². The van der Waals surface area contributed by atoms with E-state index in [1.54, 1.807) is 4.72 Å². The van der Waals surface area contributed by atoms with E-state index in [0.29, 0.717) is 0 Å². The summed E-state index contributed by atoms with van der Waals surface area (Å²) in [5.74, 6) is -0.561. The Bertz CT molecular complexity index is 156. The number of carbonyl (C=O) groups excluding carboxylic acids is 1. The molecule has 0 heterocycles. The third-order valence-electron chi connectivity index (χ3n) is 0.587. The van der Waals surface area contributed by atoms with Gasteiger partial charge in [0.15, 0.2) is 0 Å². The lowest BCUT2D eigenvalue weighted by atomic mass is 10.4. The number of hydrogen-bond acceptors (Lipinski definition) is 4. The van der Waals surface area contributed by atoms with E-state index in [2.05, 4.69) is 0 Å². The molecule has 54 valence electrons. The summed E-state index contributed by atoms with van der Waals surface area (Å²) in [6, 6.07) is 0. The second-order valence-electron chi connectivity index (χ2n) is 1.33. The van der Waals surface area contributed by atoms with E-state index in [-0.39, 0.29) is 13.0 Å². The van der Waals surface area contributed by atoms with Crippen LogP contribution in [0.15, 0.2) is 0 Å². The Balaban J connectivity index is 3.51. The summed E-state index contributed by atoms with van der Waals surface area (Å²) in [6.07, 6.45) is 0.0450. The molecule has 9 heavy (non-hydrogen) atoms. The summed E-state index contributed by atoms with van der Waals surface area (Å²) in [5.41, 5.74) is 4.95. The lowest BCUT2D eigenvalue weighted by Crippen LogP contribution is -2.23. The first-order chi connectivity index (χ1) is 4.16. The van der Waals surface area contributed by atoms with Crippen molar-refractivity contribution >= 4 is 16.8 Å². The van der Waals surface area contributed by atoms with Gasteiger partial charge in [-0.2, -0.15) is 0 Å². The molecule has 0 aromatic heterocycles. The number of nitrogens with two attached hydrogens (primary N) is 1. The topological polar surface area (TPSA) is 89.3 Å². The molecule has 0 saturated heterocycles. The second kappa shape index (κ2) is 4.28. The summed E-state index contributed by atoms with van der Waals surface area (Å²) in [7, 11) is -2.81. The third kappa shape index (κ3) is 5.25. The average molecular weight is 152 g/mol. The van der Waals surface area contributed by atoms with Crippen molar-refractivity contribution in [2.24, 2.45) is 5.73 Å². The fourth-order valence-electron chi connectivity index (χ4n) is 0.289. The second-order valence-corrected chi connectivity index (χ2v) is 2.07. The van der Waals surface area contributed by atoms with Crippen LogP contribution in [0.1, 0.15) is 6.42 Å². The van der Waals surface area contributed by atoms with Gasteiger partial charge in [0.2, 0.25) is 16.8 Å². The fraction of sp³-hybridized carbons (Fsp3) is 0.667. The van der Waals surface area contributed by atoms with E-state index in [1.807, 2.05) is 0 Å². The van der Waals surface area contributed by atoms with Gasteiger partial charge in [-0.25, -0.2) is 8.42 Å². The van der Waals surface area contributed by atoms with Gasteiger partial charge in [0, 0.05) is 13.0 Å². The molecule has 0 unspecified atom stereocenters. The normalized spacial score (nSPS) is 9.56. The number of hydrogen-bond donors (Lipinski definition) is 3. The van der Waals surface area contributed by atoms with Gasteiger partial charge < -0.3 is 5.73 Å². The predicted octanol–water partition coefficient (Wildman–Crippen LogP) is -2.02. The SMILES string of the molecule is NCCC(=O)N[SH](=O)=O. The van der Waals surface area contributed by atoms with Crippen molar-refractivity contribution in [1.82, 2.24) is 4.72 Å². The first-order valence-electron chi connectivity index (χ1n) is 2.30. The van der Waals surface area contributed by atoms with Crippen molar-refractivity contribution < 1.29 is 13.2 Å². The maximum atomic E-state index is 10.3. The third-order valence-corrected chi connectivity index (χ3v) is 1.02. The van der Waals surface area contributed by atoms with Crippen LogP contribution in [-0.2, 0) is 15.7 Å². The lowest BCUT2D eigenvalue weighted by Gasteiger charge is -1.91. The Hall–Kier alpha value is -0.620. The summed E-state index contributed by atoms with van der Waals surface area (Å²) >= 11 is 0. The van der Waals surface area contributed by atoms with Crippen LogP contribution >= 0.6 is 0 Å². The average Bonchev–Trinajstić information content (AvgIpc) is 1.63. The van der Waals surface area contributed by atoms with Gasteiger partial charge in [-0.3, -0.25) is 9.52 Å². The van der Waals surface area contributed by atoms with Gasteiger partial charge in [0.05, 0.1) is 0 Å². The molecule has 0 radical (unpaired) electrons. The largest absolute Gasteiger partial charge is 0.330 e. The zero-order chi connectivity index (χ0) is 7.28. The summed E-state index contributed by atoms with van der Waals surface area (Å²) in [6.45, 7) is 0.162. The van der Waals surface area contributed by atoms with E-state index in [9.17, 15) is 13.2 Å². The molecule has 0 saturated carbocycles. The Morgan fingerprint density at radius 1 is 1.56 bits per heavy atom. The molecule has 0 rings (SSSR count). The molecule has 5 nitrogen and oxygen atoms in total. The number of thiol groups is 1. The van der Waals surface area contributed by atoms with Gasteiger partial charge in [-0.15, -0.1) is 0 Å². The minimum Gasteiger partial charge on any atom is -0.330 e. The zero-order valence-electron chi connectivity index (χ0n) is 4.66. The molecule has 0 atom stereocenters. The van der Waals surface area contributed by atoms with Crippen molar-refractivity contribution in [3.63, 3.8) is 0 Å². The summed E-state index contributed by atoms with van der Waals surface area (Å²) in [5, 5.41) is 0. The Morgan fingerprint density at radius 3 is 2.44 bits per heavy atom. The van der Waals surface area contributed by atoms with E-state index in [1.165, 1.54) is 0 Å². The fourth-order valence-corrected chi connectivity index (χ4v) is 0.604. The van der Waals surface area contributed by atoms with Crippen molar-refractivity contribution in [3.8, 4) is 0 Å². The van der Waals surface area contributed by atoms with Gasteiger partial charge >= 0.3 is 0 Å². The zero-order valence-corrected chi connectivity index (χ0v) is 5.56. The molecule has 1 amide bonds. The molecule has 0 aliphatic heterocycles. The quantitative estimate of drug-likeness (QED) is 0.407. The summed E-state index contributed by atoms with van der Waals surface area (Å²) < 4.78 is 21.2. The standard InChI is InChI=1S/C3H8N2O3S/c4-2-1-3(6)5-9(7)8/h9H,1-2,4H2,(H,5,6,7,8). The van der Waals surface area contributed by atoms with Gasteiger partial charge in [-0.1, -0.05) is 0 Å². The molecule has 0 spiro atoms. The molecule has 0 aromatic carbocycles. The van der Waals surface area contributed by atoms with Crippen LogP contribution < -0.4 is 10.5 Å². The lowest BCUT2D eigenvalue weighted by molar-refractivity contribution is -0.119. The van der Waals surface area contributed by atoms with Crippen LogP contribution in [0.2, 0.25) is 0 Å². The van der Waals surface area contributed by atoms with Crippen molar-refractivity contribution in [1.29, 1.82) is 0 Å². The van der Waals surface area contributed by atoms with E-state index in [0.717, 1.165) is 0 Å². The molecular weight excluding hydrogens is 144 g/mol. The van der Waals surface area contributed by atoms with Crippen molar-refractivity contribution in [2.75, 3.05) is 6.54 Å². The van der Waals surface area contributed by atoms with Crippen LogP contribution in [0.4, 0.5) is 0 Å². The van der Waals surface area contributed by atoms with E-state index < -0.39 is 16.8 Å². The number of nitrogens with one attached hydrogen (secondary N) is 1. The van der Waals surface area contributed by atoms with Crippen LogP contribution in [0.25, 0.3) is 0 Å². The smallest absolute Gasteiger partial charge is 0.234 e. The Kier molecular flexibility index (Phi) is 3.98. The van der Waals surface area contributed by atoms with Crippen LogP contribution in [0, 0.1) is 0 Å². The number of rotatable bonds is 3. The van der Waals surface area contributed by atoms with E-state index >= 15 is 0 Å². The minimum absolute atomic E-state index is 0.0450. The predicted molar refractivity (Wildman–Crippen MR) is 32.1 cm³/mol. The number of carbonyl (C=O) groups is 1. The highest BCUT2D eigenvalue weighted by Gasteiger charge is 1.96. The Morgan fingerprint density at radius 2 is 2.11 bits per heavy atom. The van der Waals surface area contributed by atoms with Crippen molar-refractivity contribution in [2.45, 2.75) is 6.42 Å². The molecule has 0 aliphatic rings. The highest BCUT2D eigenvalue weighted by molar-refractivity contribution is 7.71. The van der Waals surface area contributed by atoms with Crippen LogP contribution in [-0.4, -0.2) is 20.9 Å². The molecule has 6 heteroatoms. The Labute approximate surface area is 54.3 Å². The molecular formula is C3H8N2O3S.